The van der Waals surface area contributed by atoms with E-state index in [2.05, 4.69) is 19.2 Å². The Bertz CT molecular complexity index is 726. The molecule has 7 atom stereocenters. The molecule has 6 N–H and O–H groups in total. The molecule has 1 aliphatic rings. The fourth-order valence-electron chi connectivity index (χ4n) is 6.63. The van der Waals surface area contributed by atoms with Gasteiger partial charge in [0.1, 0.15) is 24.4 Å². The molecule has 0 aliphatic carbocycles. The Labute approximate surface area is 294 Å². The molecule has 1 heterocycles. The van der Waals surface area contributed by atoms with E-state index in [1.807, 2.05) is 0 Å². The number of carbonyl (C=O) groups excluding carboxylic acids is 1. The van der Waals surface area contributed by atoms with Gasteiger partial charge in [-0.15, -0.1) is 0 Å². The molecule has 1 rings (SSSR count). The average Bonchev–Trinajstić information content (AvgIpc) is 3.08. The number of hydrogen-bond acceptors (Lipinski definition) is 8. The summed E-state index contributed by atoms with van der Waals surface area (Å²) in [5.41, 5.74) is 0. The van der Waals surface area contributed by atoms with Crippen LogP contribution in [0.4, 0.5) is 0 Å². The Hall–Kier alpha value is -0.810. The zero-order valence-corrected chi connectivity index (χ0v) is 31.0. The molecule has 9 heteroatoms. The van der Waals surface area contributed by atoms with Crippen molar-refractivity contribution in [3.8, 4) is 0 Å². The lowest BCUT2D eigenvalue weighted by atomic mass is 9.99. The van der Waals surface area contributed by atoms with E-state index in [-0.39, 0.29) is 12.5 Å². The number of aliphatic hydroxyl groups excluding tert-OH is 5. The van der Waals surface area contributed by atoms with Gasteiger partial charge in [0.2, 0.25) is 5.91 Å². The standard InChI is InChI=1S/C39H77NO8/c1-3-5-7-9-11-13-15-17-19-21-23-25-27-29-35(43)40-32(31-47-39-38(46)37(45)36(44)34(30-41)48-39)33(42)28-26-24-22-20-18-16-14-12-10-8-6-4-2/h32-34,36-39,41-42,44-46H,3-31H2,1-2H3,(H,40,43). The third-order valence-corrected chi connectivity index (χ3v) is 9.96. The molecule has 9 nitrogen and oxygen atoms in total. The smallest absolute Gasteiger partial charge is 0.220 e. The van der Waals surface area contributed by atoms with Crippen LogP contribution < -0.4 is 5.32 Å². The summed E-state index contributed by atoms with van der Waals surface area (Å²) in [7, 11) is 0. The summed E-state index contributed by atoms with van der Waals surface area (Å²) in [5, 5.41) is 54.1. The third kappa shape index (κ3) is 22.1. The summed E-state index contributed by atoms with van der Waals surface area (Å²) in [4.78, 5) is 12.9. The van der Waals surface area contributed by atoms with E-state index in [0.717, 1.165) is 38.5 Å². The van der Waals surface area contributed by atoms with E-state index in [9.17, 15) is 30.3 Å². The van der Waals surface area contributed by atoms with Gasteiger partial charge in [-0.3, -0.25) is 4.79 Å². The van der Waals surface area contributed by atoms with Gasteiger partial charge in [0, 0.05) is 6.42 Å². The van der Waals surface area contributed by atoms with Gasteiger partial charge in [-0.1, -0.05) is 168 Å². The van der Waals surface area contributed by atoms with Gasteiger partial charge in [-0.05, 0) is 12.8 Å². The van der Waals surface area contributed by atoms with Gasteiger partial charge < -0.3 is 40.3 Å². The van der Waals surface area contributed by atoms with Crippen LogP contribution >= 0.6 is 0 Å². The highest BCUT2D eigenvalue weighted by Gasteiger charge is 2.44. The molecule has 7 unspecified atom stereocenters. The average molecular weight is 688 g/mol. The number of hydrogen-bond donors (Lipinski definition) is 6. The molecule has 286 valence electrons. The van der Waals surface area contributed by atoms with Crippen molar-refractivity contribution in [3.05, 3.63) is 0 Å². The monoisotopic (exact) mass is 688 g/mol. The summed E-state index contributed by atoms with van der Waals surface area (Å²) in [6.07, 6.45) is 23.9. The van der Waals surface area contributed by atoms with Gasteiger partial charge in [0.05, 0.1) is 25.4 Å². The molecular formula is C39H77NO8. The van der Waals surface area contributed by atoms with Crippen molar-refractivity contribution in [2.24, 2.45) is 0 Å². The van der Waals surface area contributed by atoms with Crippen LogP contribution in [0.3, 0.4) is 0 Å². The van der Waals surface area contributed by atoms with Crippen LogP contribution in [0.1, 0.15) is 187 Å². The van der Waals surface area contributed by atoms with Crippen molar-refractivity contribution < 1.29 is 39.8 Å². The maximum Gasteiger partial charge on any atom is 0.220 e. The van der Waals surface area contributed by atoms with Gasteiger partial charge in [-0.2, -0.15) is 0 Å². The first-order chi connectivity index (χ1) is 23.3. The molecule has 1 amide bonds. The van der Waals surface area contributed by atoms with Gasteiger partial charge in [0.25, 0.3) is 0 Å². The predicted molar refractivity (Wildman–Crippen MR) is 194 cm³/mol. The summed E-state index contributed by atoms with van der Waals surface area (Å²) in [6.45, 7) is 3.81. The van der Waals surface area contributed by atoms with Crippen LogP contribution in [0.25, 0.3) is 0 Å². The second-order valence-electron chi connectivity index (χ2n) is 14.4. The summed E-state index contributed by atoms with van der Waals surface area (Å²) >= 11 is 0. The first kappa shape index (κ1) is 45.2. The largest absolute Gasteiger partial charge is 0.394 e. The Kier molecular flexibility index (Phi) is 29.2. The molecule has 0 saturated carbocycles. The van der Waals surface area contributed by atoms with Crippen molar-refractivity contribution in [2.45, 2.75) is 230 Å². The molecule has 0 aromatic rings. The van der Waals surface area contributed by atoms with Crippen molar-refractivity contribution in [1.82, 2.24) is 5.32 Å². The van der Waals surface area contributed by atoms with Crippen molar-refractivity contribution in [3.63, 3.8) is 0 Å². The Morgan fingerprint density at radius 1 is 0.625 bits per heavy atom. The van der Waals surface area contributed by atoms with E-state index in [1.165, 1.54) is 122 Å². The number of ether oxygens (including phenoxy) is 2. The lowest BCUT2D eigenvalue weighted by Gasteiger charge is -2.40. The quantitative estimate of drug-likeness (QED) is 0.0396. The molecule has 1 saturated heterocycles. The highest BCUT2D eigenvalue weighted by Crippen LogP contribution is 2.23. The SMILES string of the molecule is CCCCCCCCCCCCCCCC(=O)NC(COC1OC(CO)C(O)C(O)C1O)C(O)CCCCCCCCCCCCCC. The van der Waals surface area contributed by atoms with E-state index in [0.29, 0.717) is 12.8 Å². The molecule has 1 fully saturated rings. The highest BCUT2D eigenvalue weighted by molar-refractivity contribution is 5.76. The minimum Gasteiger partial charge on any atom is -0.394 e. The maximum absolute atomic E-state index is 12.9. The predicted octanol–water partition coefficient (Wildman–Crippen LogP) is 7.22. The molecule has 0 bridgehead atoms. The van der Waals surface area contributed by atoms with E-state index < -0.39 is 49.5 Å². The van der Waals surface area contributed by atoms with E-state index >= 15 is 0 Å². The normalized spacial score (nSPS) is 22.5. The van der Waals surface area contributed by atoms with Crippen LogP contribution in [0.2, 0.25) is 0 Å². The van der Waals surface area contributed by atoms with Crippen LogP contribution in [-0.4, -0.2) is 87.5 Å². The zero-order chi connectivity index (χ0) is 35.2. The molecular weight excluding hydrogens is 610 g/mol. The van der Waals surface area contributed by atoms with Gasteiger partial charge in [0.15, 0.2) is 6.29 Å². The maximum atomic E-state index is 12.9. The van der Waals surface area contributed by atoms with E-state index in [4.69, 9.17) is 9.47 Å². The van der Waals surface area contributed by atoms with E-state index in [1.54, 1.807) is 0 Å². The first-order valence-corrected chi connectivity index (χ1v) is 20.2. The Balaban J connectivity index is 2.39. The van der Waals surface area contributed by atoms with Crippen molar-refractivity contribution in [2.75, 3.05) is 13.2 Å². The fourth-order valence-corrected chi connectivity index (χ4v) is 6.63. The summed E-state index contributed by atoms with van der Waals surface area (Å²) < 4.78 is 11.2. The van der Waals surface area contributed by atoms with Crippen LogP contribution in [0, 0.1) is 0 Å². The van der Waals surface area contributed by atoms with Crippen LogP contribution in [0.15, 0.2) is 0 Å². The van der Waals surface area contributed by atoms with Gasteiger partial charge >= 0.3 is 0 Å². The summed E-state index contributed by atoms with van der Waals surface area (Å²) in [5.74, 6) is -0.144. The molecule has 0 aromatic heterocycles. The number of nitrogens with one attached hydrogen (secondary N) is 1. The van der Waals surface area contributed by atoms with Crippen molar-refractivity contribution in [1.29, 1.82) is 0 Å². The number of unbranched alkanes of at least 4 members (excludes halogenated alkanes) is 23. The molecule has 0 spiro atoms. The minimum atomic E-state index is -1.55. The molecule has 0 aromatic carbocycles. The molecule has 48 heavy (non-hydrogen) atoms. The first-order valence-electron chi connectivity index (χ1n) is 20.2. The highest BCUT2D eigenvalue weighted by atomic mass is 16.7. The lowest BCUT2D eigenvalue weighted by molar-refractivity contribution is -0.302. The fraction of sp³-hybridized carbons (Fsp3) is 0.974. The second-order valence-corrected chi connectivity index (χ2v) is 14.4. The molecule has 1 aliphatic heterocycles. The number of aliphatic hydroxyl groups is 5. The summed E-state index contributed by atoms with van der Waals surface area (Å²) in [6, 6.07) is -0.709. The number of amides is 1. The van der Waals surface area contributed by atoms with Crippen molar-refractivity contribution >= 4 is 5.91 Å². The second kappa shape index (κ2) is 31.0. The van der Waals surface area contributed by atoms with Crippen LogP contribution in [0.5, 0.6) is 0 Å². The third-order valence-electron chi connectivity index (χ3n) is 9.96. The topological polar surface area (TPSA) is 149 Å². The Morgan fingerprint density at radius 3 is 1.48 bits per heavy atom. The number of rotatable bonds is 33. The zero-order valence-electron chi connectivity index (χ0n) is 31.0. The number of carbonyl (C=O) groups is 1. The van der Waals surface area contributed by atoms with Crippen LogP contribution in [-0.2, 0) is 14.3 Å². The lowest BCUT2D eigenvalue weighted by Crippen LogP contribution is -2.60. The molecule has 0 radical (unpaired) electrons. The van der Waals surface area contributed by atoms with Gasteiger partial charge in [-0.25, -0.2) is 0 Å². The minimum absolute atomic E-state index is 0.132. The Morgan fingerprint density at radius 2 is 1.04 bits per heavy atom.